The summed E-state index contributed by atoms with van der Waals surface area (Å²) in [7, 11) is 1.86. The molecule has 2 aromatic heterocycles. The first kappa shape index (κ1) is 23.4. The van der Waals surface area contributed by atoms with E-state index < -0.39 is 0 Å². The van der Waals surface area contributed by atoms with Crippen molar-refractivity contribution in [3.63, 3.8) is 0 Å². The van der Waals surface area contributed by atoms with E-state index in [-0.39, 0.29) is 23.7 Å². The standard InChI is InChI=1S/C30H30FN5O/c1-19-25-16-33-36(24-12-10-23(31)11-13-24)28(25)15-22-9-8-21(29(19)22)14-26(20-6-4-3-5-7-20)34-30(37)27-17-35(2)18-32-27/h3-7,10-13,16-19,21,26H,8-9,14-15H2,1-2H3,(H,34,37)/t19-,21+,26?/m0/s1. The van der Waals surface area contributed by atoms with E-state index >= 15 is 0 Å². The fourth-order valence-electron chi connectivity index (χ4n) is 6.14. The summed E-state index contributed by atoms with van der Waals surface area (Å²) in [5.41, 5.74) is 7.84. The van der Waals surface area contributed by atoms with Crippen LogP contribution in [0.25, 0.3) is 5.69 Å². The molecule has 6 rings (SSSR count). The summed E-state index contributed by atoms with van der Waals surface area (Å²) in [5.74, 6) is 0.232. The number of hydrogen-bond donors (Lipinski definition) is 1. The number of aromatic nitrogens is 4. The summed E-state index contributed by atoms with van der Waals surface area (Å²) >= 11 is 0. The maximum Gasteiger partial charge on any atom is 0.271 e. The predicted octanol–water partition coefficient (Wildman–Crippen LogP) is 5.67. The van der Waals surface area contributed by atoms with Crippen LogP contribution < -0.4 is 5.32 Å². The highest BCUT2D eigenvalue weighted by Gasteiger charge is 2.37. The number of aryl methyl sites for hydroxylation is 1. The molecule has 3 atom stereocenters. The molecule has 2 aliphatic rings. The molecule has 4 aromatic rings. The summed E-state index contributed by atoms with van der Waals surface area (Å²) in [6, 6.07) is 16.6. The first-order chi connectivity index (χ1) is 18.0. The van der Waals surface area contributed by atoms with Crippen molar-refractivity contribution in [2.45, 2.75) is 44.6 Å². The number of nitrogens with zero attached hydrogens (tertiary/aromatic N) is 4. The molecule has 1 amide bonds. The maximum atomic E-state index is 13.5. The minimum Gasteiger partial charge on any atom is -0.344 e. The second-order valence-electron chi connectivity index (χ2n) is 10.2. The van der Waals surface area contributed by atoms with Gasteiger partial charge in [0.15, 0.2) is 0 Å². The van der Waals surface area contributed by atoms with Crippen molar-refractivity contribution in [2.75, 3.05) is 0 Å². The number of halogens is 1. The van der Waals surface area contributed by atoms with Crippen LogP contribution in [-0.4, -0.2) is 25.2 Å². The first-order valence-corrected chi connectivity index (χ1v) is 12.9. The van der Waals surface area contributed by atoms with Crippen LogP contribution in [0.2, 0.25) is 0 Å². The second kappa shape index (κ2) is 9.47. The van der Waals surface area contributed by atoms with Crippen molar-refractivity contribution in [2.24, 2.45) is 13.0 Å². The SMILES string of the molecule is C[C@@H]1C2=C(CC[C@@H]2CC(NC(=O)c2cn(C)cn2)c2ccccc2)Cc2c1cnn2-c1ccc(F)cc1. The molecule has 37 heavy (non-hydrogen) atoms. The fraction of sp³-hybridized carbons (Fsp3) is 0.300. The number of carbonyl (C=O) groups is 1. The molecule has 0 saturated carbocycles. The Labute approximate surface area is 215 Å². The number of imidazole rings is 1. The van der Waals surface area contributed by atoms with Gasteiger partial charge in [-0.25, -0.2) is 14.1 Å². The van der Waals surface area contributed by atoms with E-state index in [2.05, 4.69) is 34.5 Å². The van der Waals surface area contributed by atoms with Crippen molar-refractivity contribution in [3.8, 4) is 5.69 Å². The van der Waals surface area contributed by atoms with E-state index in [1.807, 2.05) is 36.1 Å². The van der Waals surface area contributed by atoms with Gasteiger partial charge in [0.1, 0.15) is 11.5 Å². The number of rotatable bonds is 6. The van der Waals surface area contributed by atoms with Crippen LogP contribution in [0.1, 0.15) is 65.5 Å². The molecule has 6 nitrogen and oxygen atoms in total. The van der Waals surface area contributed by atoms with Gasteiger partial charge in [-0.1, -0.05) is 48.4 Å². The lowest BCUT2D eigenvalue weighted by Crippen LogP contribution is -2.31. The molecular formula is C30H30FN5O. The van der Waals surface area contributed by atoms with E-state index in [1.54, 1.807) is 29.2 Å². The number of fused-ring (bicyclic) bond motifs is 1. The average Bonchev–Trinajstić information content (AvgIpc) is 3.64. The highest BCUT2D eigenvalue weighted by atomic mass is 19.1. The van der Waals surface area contributed by atoms with Gasteiger partial charge in [0.25, 0.3) is 5.91 Å². The third kappa shape index (κ3) is 4.39. The lowest BCUT2D eigenvalue weighted by atomic mass is 9.77. The number of nitrogens with one attached hydrogen (secondary N) is 1. The zero-order valence-corrected chi connectivity index (χ0v) is 21.1. The van der Waals surface area contributed by atoms with E-state index in [9.17, 15) is 9.18 Å². The molecule has 0 spiro atoms. The number of amides is 1. The van der Waals surface area contributed by atoms with Gasteiger partial charge in [-0.05, 0) is 55.0 Å². The van der Waals surface area contributed by atoms with E-state index in [4.69, 9.17) is 0 Å². The van der Waals surface area contributed by atoms with Gasteiger partial charge in [0, 0.05) is 31.1 Å². The van der Waals surface area contributed by atoms with Crippen molar-refractivity contribution < 1.29 is 9.18 Å². The third-order valence-electron chi connectivity index (χ3n) is 7.89. The van der Waals surface area contributed by atoms with Gasteiger partial charge in [-0.2, -0.15) is 5.10 Å². The van der Waals surface area contributed by atoms with Gasteiger partial charge in [-0.3, -0.25) is 4.79 Å². The smallest absolute Gasteiger partial charge is 0.271 e. The number of carbonyl (C=O) groups excluding carboxylic acids is 1. The Morgan fingerprint density at radius 2 is 1.95 bits per heavy atom. The Hall–Kier alpha value is -4.00. The highest BCUT2D eigenvalue weighted by Crippen LogP contribution is 2.49. The summed E-state index contributed by atoms with van der Waals surface area (Å²) in [4.78, 5) is 17.3. The third-order valence-corrected chi connectivity index (χ3v) is 7.89. The predicted molar refractivity (Wildman–Crippen MR) is 140 cm³/mol. The summed E-state index contributed by atoms with van der Waals surface area (Å²) in [6.45, 7) is 2.27. The van der Waals surface area contributed by atoms with Crippen LogP contribution in [0, 0.1) is 11.7 Å². The largest absolute Gasteiger partial charge is 0.344 e. The van der Waals surface area contributed by atoms with E-state index in [0.29, 0.717) is 11.6 Å². The Balaban J connectivity index is 1.27. The number of allylic oxidation sites excluding steroid dienone is 2. The minimum atomic E-state index is -0.245. The lowest BCUT2D eigenvalue weighted by Gasteiger charge is -2.29. The molecule has 2 aliphatic carbocycles. The van der Waals surface area contributed by atoms with E-state index in [1.165, 1.54) is 34.5 Å². The van der Waals surface area contributed by atoms with Gasteiger partial charge >= 0.3 is 0 Å². The second-order valence-corrected chi connectivity index (χ2v) is 10.2. The molecular weight excluding hydrogens is 465 g/mol. The number of benzene rings is 2. The Bertz CT molecular complexity index is 1470. The highest BCUT2D eigenvalue weighted by molar-refractivity contribution is 5.92. The van der Waals surface area contributed by atoms with Crippen LogP contribution in [-0.2, 0) is 13.5 Å². The number of hydrogen-bond acceptors (Lipinski definition) is 3. The maximum absolute atomic E-state index is 13.5. The zero-order valence-electron chi connectivity index (χ0n) is 21.1. The topological polar surface area (TPSA) is 64.7 Å². The molecule has 1 unspecified atom stereocenters. The van der Waals surface area contributed by atoms with Crippen LogP contribution in [0.5, 0.6) is 0 Å². The quantitative estimate of drug-likeness (QED) is 0.351. The van der Waals surface area contributed by atoms with E-state index in [0.717, 1.165) is 36.9 Å². The minimum absolute atomic E-state index is 0.108. The molecule has 0 aliphatic heterocycles. The molecule has 0 fully saturated rings. The van der Waals surface area contributed by atoms with Crippen molar-refractivity contribution >= 4 is 5.91 Å². The molecule has 0 bridgehead atoms. The van der Waals surface area contributed by atoms with Crippen molar-refractivity contribution in [3.05, 3.63) is 113 Å². The molecule has 0 radical (unpaired) electrons. The molecule has 188 valence electrons. The van der Waals surface area contributed by atoms with Gasteiger partial charge in [0.05, 0.1) is 29.9 Å². The molecule has 2 aromatic carbocycles. The zero-order chi connectivity index (χ0) is 25.5. The molecule has 1 N–H and O–H groups in total. The van der Waals surface area contributed by atoms with Gasteiger partial charge < -0.3 is 9.88 Å². The Morgan fingerprint density at radius 1 is 1.16 bits per heavy atom. The van der Waals surface area contributed by atoms with Crippen molar-refractivity contribution in [1.29, 1.82) is 0 Å². The molecule has 7 heteroatoms. The summed E-state index contributed by atoms with van der Waals surface area (Å²) < 4.78 is 17.2. The van der Waals surface area contributed by atoms with Crippen LogP contribution in [0.15, 0.2) is 84.5 Å². The summed E-state index contributed by atoms with van der Waals surface area (Å²) in [5, 5.41) is 7.95. The van der Waals surface area contributed by atoms with Gasteiger partial charge in [0.2, 0.25) is 0 Å². The fourth-order valence-corrected chi connectivity index (χ4v) is 6.14. The van der Waals surface area contributed by atoms with Crippen LogP contribution in [0.4, 0.5) is 4.39 Å². The van der Waals surface area contributed by atoms with Crippen molar-refractivity contribution in [1.82, 2.24) is 24.6 Å². The lowest BCUT2D eigenvalue weighted by molar-refractivity contribution is 0.0927. The van der Waals surface area contributed by atoms with Crippen LogP contribution in [0.3, 0.4) is 0 Å². The Kier molecular flexibility index (Phi) is 5.99. The summed E-state index contributed by atoms with van der Waals surface area (Å²) in [6.07, 6.45) is 9.19. The normalized spacial score (nSPS) is 19.4. The monoisotopic (exact) mass is 495 g/mol. The molecule has 2 heterocycles. The average molecular weight is 496 g/mol. The Morgan fingerprint density at radius 3 is 2.68 bits per heavy atom. The van der Waals surface area contributed by atoms with Crippen LogP contribution >= 0.6 is 0 Å². The molecule has 0 saturated heterocycles. The van der Waals surface area contributed by atoms with Gasteiger partial charge in [-0.15, -0.1) is 0 Å². The first-order valence-electron chi connectivity index (χ1n) is 12.9.